The molecule has 0 radical (unpaired) electrons. The molecule has 0 unspecified atom stereocenters. The molecule has 0 aliphatic heterocycles. The third kappa shape index (κ3) is 6.37. The molecule has 0 aromatic rings. The summed E-state index contributed by atoms with van der Waals surface area (Å²) in [5.41, 5.74) is 3.75. The van der Waals surface area contributed by atoms with Crippen LogP contribution in [0.25, 0.3) is 0 Å². The molecule has 0 saturated carbocycles. The Morgan fingerprint density at radius 3 is 2.33 bits per heavy atom. The van der Waals surface area contributed by atoms with Gasteiger partial charge in [0, 0.05) is 7.11 Å². The lowest BCUT2D eigenvalue weighted by molar-refractivity contribution is 0.224. The van der Waals surface area contributed by atoms with Crippen LogP contribution >= 0.6 is 0 Å². The minimum atomic E-state index is -1.08. The SMILES string of the molecule is C=CC/C(=C/[Si](C)(C)C)COC. The summed E-state index contributed by atoms with van der Waals surface area (Å²) in [4.78, 5) is 0. The third-order valence-electron chi connectivity index (χ3n) is 1.37. The molecule has 2 heteroatoms. The summed E-state index contributed by atoms with van der Waals surface area (Å²) in [5, 5.41) is 0. The highest BCUT2D eigenvalue weighted by atomic mass is 28.3. The van der Waals surface area contributed by atoms with E-state index in [4.69, 9.17) is 4.74 Å². The Bertz CT molecular complexity index is 165. The fourth-order valence-corrected chi connectivity index (χ4v) is 2.57. The van der Waals surface area contributed by atoms with E-state index in [0.717, 1.165) is 13.0 Å². The van der Waals surface area contributed by atoms with Crippen LogP contribution in [0.15, 0.2) is 23.9 Å². The van der Waals surface area contributed by atoms with Crippen molar-refractivity contribution in [2.24, 2.45) is 0 Å². The van der Waals surface area contributed by atoms with Crippen LogP contribution in [0.4, 0.5) is 0 Å². The van der Waals surface area contributed by atoms with Crippen molar-refractivity contribution in [1.29, 1.82) is 0 Å². The summed E-state index contributed by atoms with van der Waals surface area (Å²) in [6.45, 7) is 11.5. The summed E-state index contributed by atoms with van der Waals surface area (Å²) in [7, 11) is 0.653. The molecule has 0 N–H and O–H groups in total. The zero-order valence-electron chi connectivity index (χ0n) is 8.68. The molecule has 0 aliphatic carbocycles. The summed E-state index contributed by atoms with van der Waals surface area (Å²) >= 11 is 0. The van der Waals surface area contributed by atoms with E-state index in [1.807, 2.05) is 6.08 Å². The molecule has 0 bridgehead atoms. The van der Waals surface area contributed by atoms with Gasteiger partial charge in [0.05, 0.1) is 14.7 Å². The first kappa shape index (κ1) is 11.7. The molecule has 0 aromatic heterocycles. The molecule has 0 amide bonds. The second kappa shape index (κ2) is 5.33. The standard InChI is InChI=1S/C10H20OSi/c1-6-7-10(8-11-2)9-12(3,4)5/h6,9H,1,7-8H2,2-5H3/b10-9-. The Morgan fingerprint density at radius 1 is 1.42 bits per heavy atom. The van der Waals surface area contributed by atoms with Crippen molar-refractivity contribution >= 4 is 8.07 Å². The number of rotatable bonds is 5. The second-order valence-corrected chi connectivity index (χ2v) is 9.12. The maximum Gasteiger partial charge on any atom is 0.0687 e. The van der Waals surface area contributed by atoms with Crippen molar-refractivity contribution in [3.05, 3.63) is 23.9 Å². The molecule has 0 saturated heterocycles. The van der Waals surface area contributed by atoms with Gasteiger partial charge in [0.15, 0.2) is 0 Å². The highest BCUT2D eigenvalue weighted by Gasteiger charge is 2.09. The lowest BCUT2D eigenvalue weighted by atomic mass is 10.2. The van der Waals surface area contributed by atoms with Crippen LogP contribution in [0.5, 0.6) is 0 Å². The fourth-order valence-electron chi connectivity index (χ4n) is 1.14. The molecule has 12 heavy (non-hydrogen) atoms. The first-order valence-electron chi connectivity index (χ1n) is 4.30. The number of hydrogen-bond donors (Lipinski definition) is 0. The van der Waals surface area contributed by atoms with E-state index in [9.17, 15) is 0 Å². The second-order valence-electron chi connectivity index (χ2n) is 4.09. The Labute approximate surface area is 77.1 Å². The Hall–Kier alpha value is -0.343. The van der Waals surface area contributed by atoms with Gasteiger partial charge in [-0.2, -0.15) is 0 Å². The molecule has 1 nitrogen and oxygen atoms in total. The normalized spacial score (nSPS) is 13.2. The highest BCUT2D eigenvalue weighted by molar-refractivity contribution is 6.81. The van der Waals surface area contributed by atoms with Gasteiger partial charge < -0.3 is 4.74 Å². The Balaban J connectivity index is 4.26. The average molecular weight is 184 g/mol. The van der Waals surface area contributed by atoms with E-state index in [0.29, 0.717) is 0 Å². The molecule has 0 spiro atoms. The van der Waals surface area contributed by atoms with Gasteiger partial charge in [-0.25, -0.2) is 0 Å². The van der Waals surface area contributed by atoms with Crippen molar-refractivity contribution in [1.82, 2.24) is 0 Å². The van der Waals surface area contributed by atoms with Crippen LogP contribution in [0.1, 0.15) is 6.42 Å². The smallest absolute Gasteiger partial charge is 0.0687 e. The van der Waals surface area contributed by atoms with E-state index in [1.54, 1.807) is 7.11 Å². The Morgan fingerprint density at radius 2 is 2.00 bits per heavy atom. The van der Waals surface area contributed by atoms with Crippen LogP contribution in [0, 0.1) is 0 Å². The van der Waals surface area contributed by atoms with Gasteiger partial charge in [0.1, 0.15) is 0 Å². The van der Waals surface area contributed by atoms with E-state index < -0.39 is 8.07 Å². The minimum Gasteiger partial charge on any atom is -0.380 e. The zero-order chi connectivity index (χ0) is 9.61. The molecular formula is C10H20OSi. The van der Waals surface area contributed by atoms with Crippen molar-refractivity contribution < 1.29 is 4.74 Å². The van der Waals surface area contributed by atoms with Gasteiger partial charge in [-0.05, 0) is 12.0 Å². The minimum absolute atomic E-state index is 0.746. The fraction of sp³-hybridized carbons (Fsp3) is 0.600. The zero-order valence-corrected chi connectivity index (χ0v) is 9.68. The van der Waals surface area contributed by atoms with Gasteiger partial charge >= 0.3 is 0 Å². The van der Waals surface area contributed by atoms with Crippen molar-refractivity contribution in [3.8, 4) is 0 Å². The van der Waals surface area contributed by atoms with Crippen LogP contribution in [0.2, 0.25) is 19.6 Å². The first-order valence-corrected chi connectivity index (χ1v) is 7.88. The van der Waals surface area contributed by atoms with E-state index >= 15 is 0 Å². The maximum absolute atomic E-state index is 5.11. The molecule has 0 aromatic carbocycles. The lowest BCUT2D eigenvalue weighted by Gasteiger charge is -2.13. The molecule has 0 fully saturated rings. The van der Waals surface area contributed by atoms with E-state index in [2.05, 4.69) is 31.9 Å². The molecule has 0 heterocycles. The first-order chi connectivity index (χ1) is 5.49. The third-order valence-corrected chi connectivity index (χ3v) is 2.65. The van der Waals surface area contributed by atoms with Gasteiger partial charge in [0.25, 0.3) is 0 Å². The number of allylic oxidation sites excluding steroid dienone is 1. The molecule has 0 atom stereocenters. The van der Waals surface area contributed by atoms with Crippen LogP contribution in [-0.2, 0) is 4.74 Å². The van der Waals surface area contributed by atoms with Crippen molar-refractivity contribution in [2.75, 3.05) is 13.7 Å². The summed E-state index contributed by atoms with van der Waals surface area (Å²) in [5.74, 6) is 0. The quantitative estimate of drug-likeness (QED) is 0.471. The number of ether oxygens (including phenoxy) is 1. The van der Waals surface area contributed by atoms with Gasteiger partial charge in [-0.15, -0.1) is 6.58 Å². The molecule has 0 rings (SSSR count). The maximum atomic E-state index is 5.11. The van der Waals surface area contributed by atoms with E-state index in [1.165, 1.54) is 5.57 Å². The predicted molar refractivity (Wildman–Crippen MR) is 58.1 cm³/mol. The van der Waals surface area contributed by atoms with E-state index in [-0.39, 0.29) is 0 Å². The predicted octanol–water partition coefficient (Wildman–Crippen LogP) is 3.01. The monoisotopic (exact) mass is 184 g/mol. The van der Waals surface area contributed by atoms with Gasteiger partial charge in [-0.1, -0.05) is 31.4 Å². The molecular weight excluding hydrogens is 164 g/mol. The number of hydrogen-bond acceptors (Lipinski definition) is 1. The topological polar surface area (TPSA) is 9.23 Å². The van der Waals surface area contributed by atoms with Crippen LogP contribution in [0.3, 0.4) is 0 Å². The molecule has 0 aliphatic rings. The lowest BCUT2D eigenvalue weighted by Crippen LogP contribution is -2.17. The van der Waals surface area contributed by atoms with Crippen molar-refractivity contribution in [2.45, 2.75) is 26.1 Å². The average Bonchev–Trinajstić information content (AvgIpc) is 1.84. The summed E-state index contributed by atoms with van der Waals surface area (Å²) in [6.07, 6.45) is 2.89. The largest absolute Gasteiger partial charge is 0.380 e. The highest BCUT2D eigenvalue weighted by Crippen LogP contribution is 2.10. The summed E-state index contributed by atoms with van der Waals surface area (Å²) in [6, 6.07) is 0. The molecule has 70 valence electrons. The van der Waals surface area contributed by atoms with Crippen LogP contribution < -0.4 is 0 Å². The van der Waals surface area contributed by atoms with Gasteiger partial charge in [-0.3, -0.25) is 0 Å². The number of methoxy groups -OCH3 is 1. The van der Waals surface area contributed by atoms with Crippen LogP contribution in [-0.4, -0.2) is 21.8 Å². The summed E-state index contributed by atoms with van der Waals surface area (Å²) < 4.78 is 5.11. The van der Waals surface area contributed by atoms with Gasteiger partial charge in [0.2, 0.25) is 0 Å². The Kier molecular flexibility index (Phi) is 5.18. The van der Waals surface area contributed by atoms with Crippen molar-refractivity contribution in [3.63, 3.8) is 0 Å².